The number of ether oxygens (including phenoxy) is 1. The van der Waals surface area contributed by atoms with E-state index in [0.717, 1.165) is 66.2 Å². The lowest BCUT2D eigenvalue weighted by Crippen LogP contribution is -2.25. The lowest BCUT2D eigenvalue weighted by atomic mass is 9.90. The Morgan fingerprint density at radius 1 is 1.14 bits per heavy atom. The van der Waals surface area contributed by atoms with E-state index in [1.54, 1.807) is 18.3 Å². The number of allylic oxidation sites excluding steroid dienone is 1. The third kappa shape index (κ3) is 5.00. The zero-order chi connectivity index (χ0) is 25.4. The molecule has 0 unspecified atom stereocenters. The third-order valence-corrected chi connectivity index (χ3v) is 7.37. The molecule has 7 heteroatoms. The fraction of sp³-hybridized carbons (Fsp3) is 0.379. The summed E-state index contributed by atoms with van der Waals surface area (Å²) in [5.41, 5.74) is 5.57. The maximum atomic E-state index is 13.3. The molecule has 2 saturated carbocycles. The summed E-state index contributed by atoms with van der Waals surface area (Å²) in [7, 11) is 5.62. The molecule has 1 heterocycles. The van der Waals surface area contributed by atoms with Crippen molar-refractivity contribution in [1.29, 1.82) is 0 Å². The second-order valence-electron chi connectivity index (χ2n) is 10.1. The van der Waals surface area contributed by atoms with Crippen molar-refractivity contribution < 1.29 is 14.6 Å². The molecule has 0 saturated heterocycles. The monoisotopic (exact) mass is 505 g/mol. The lowest BCUT2D eigenvalue weighted by molar-refractivity contribution is 0.0968. The minimum atomic E-state index is -0.0787. The van der Waals surface area contributed by atoms with Crippen LogP contribution in [0.2, 0.25) is 5.02 Å². The maximum Gasteiger partial charge on any atom is 0.176 e. The molecule has 36 heavy (non-hydrogen) atoms. The van der Waals surface area contributed by atoms with Crippen molar-refractivity contribution in [3.05, 3.63) is 58.9 Å². The molecular formula is C29H32ClN3O3. The van der Waals surface area contributed by atoms with Gasteiger partial charge in [0, 0.05) is 37.6 Å². The first-order valence-corrected chi connectivity index (χ1v) is 12.9. The van der Waals surface area contributed by atoms with Gasteiger partial charge in [-0.3, -0.25) is 9.78 Å². The molecule has 2 fully saturated rings. The average molecular weight is 506 g/mol. The number of fused-ring (bicyclic) bond motifs is 1. The number of carbonyl (C=O) groups is 1. The predicted octanol–water partition coefficient (Wildman–Crippen LogP) is 6.66. The van der Waals surface area contributed by atoms with Crippen LogP contribution in [-0.2, 0) is 0 Å². The van der Waals surface area contributed by atoms with Crippen LogP contribution < -0.4 is 10.1 Å². The van der Waals surface area contributed by atoms with Crippen molar-refractivity contribution in [2.24, 2.45) is 5.92 Å². The molecule has 0 radical (unpaired) electrons. The fourth-order valence-electron chi connectivity index (χ4n) is 5.01. The fourth-order valence-corrected chi connectivity index (χ4v) is 5.22. The number of phenolic OH excluding ortho intramolecular Hbond substituents is 1. The number of nitrogens with one attached hydrogen (secondary N) is 1. The molecule has 2 aliphatic carbocycles. The Morgan fingerprint density at radius 2 is 1.89 bits per heavy atom. The number of halogens is 1. The van der Waals surface area contributed by atoms with Crippen LogP contribution in [0.25, 0.3) is 22.0 Å². The Labute approximate surface area is 216 Å². The standard InChI is InChI=1S/C29H32ClN3O3/c1-33(2)16-17-4-9-21(10-5-17)32-27-22-12-19(20-13-24(30)29(35)26(14-20)36-3)8-11-25(22)31-15-23(27)28(34)18-6-7-18/h8,11-16,18,21,35H,4-7,9-10H2,1-3H3,(H,31,32). The van der Waals surface area contributed by atoms with Gasteiger partial charge in [0.25, 0.3) is 0 Å². The Bertz CT molecular complexity index is 1340. The first-order chi connectivity index (χ1) is 17.3. The van der Waals surface area contributed by atoms with E-state index >= 15 is 0 Å². The number of hydrogen-bond donors (Lipinski definition) is 2. The summed E-state index contributed by atoms with van der Waals surface area (Å²) in [5.74, 6) is 0.519. The van der Waals surface area contributed by atoms with Gasteiger partial charge in [-0.1, -0.05) is 23.2 Å². The minimum absolute atomic E-state index is 0.0787. The largest absolute Gasteiger partial charge is 0.503 e. The van der Waals surface area contributed by atoms with E-state index in [4.69, 9.17) is 16.3 Å². The van der Waals surface area contributed by atoms with Gasteiger partial charge in [-0.15, -0.1) is 0 Å². The van der Waals surface area contributed by atoms with Crippen molar-refractivity contribution in [3.63, 3.8) is 0 Å². The first-order valence-electron chi connectivity index (χ1n) is 12.5. The third-order valence-electron chi connectivity index (χ3n) is 7.08. The highest BCUT2D eigenvalue weighted by atomic mass is 35.5. The number of methoxy groups -OCH3 is 1. The highest BCUT2D eigenvalue weighted by Gasteiger charge is 2.33. The number of nitrogens with zero attached hydrogens (tertiary/aromatic N) is 2. The number of anilines is 1. The van der Waals surface area contributed by atoms with Crippen molar-refractivity contribution in [3.8, 4) is 22.6 Å². The van der Waals surface area contributed by atoms with Crippen LogP contribution >= 0.6 is 11.6 Å². The van der Waals surface area contributed by atoms with Crippen molar-refractivity contribution >= 4 is 34.0 Å². The summed E-state index contributed by atoms with van der Waals surface area (Å²) in [6.45, 7) is 0. The van der Waals surface area contributed by atoms with E-state index in [0.29, 0.717) is 11.3 Å². The molecule has 6 nitrogen and oxygen atoms in total. The quantitative estimate of drug-likeness (QED) is 0.349. The van der Waals surface area contributed by atoms with Crippen LogP contribution in [-0.4, -0.2) is 48.0 Å². The van der Waals surface area contributed by atoms with Gasteiger partial charge >= 0.3 is 0 Å². The number of carbonyl (C=O) groups excluding carboxylic acids is 1. The summed E-state index contributed by atoms with van der Waals surface area (Å²) >= 11 is 6.27. The molecule has 3 aromatic rings. The molecule has 0 aliphatic heterocycles. The number of ketones is 1. The summed E-state index contributed by atoms with van der Waals surface area (Å²) in [4.78, 5) is 20.0. The summed E-state index contributed by atoms with van der Waals surface area (Å²) in [6, 6.07) is 9.77. The number of benzene rings is 2. The normalized spacial score (nSPS) is 17.7. The van der Waals surface area contributed by atoms with Gasteiger partial charge in [-0.25, -0.2) is 0 Å². The molecule has 0 spiro atoms. The van der Waals surface area contributed by atoms with Gasteiger partial charge in [-0.2, -0.15) is 0 Å². The number of Topliss-reactive ketones (excluding diaryl/α,β-unsaturated/α-hetero) is 1. The number of rotatable bonds is 7. The second kappa shape index (κ2) is 10.0. The zero-order valence-corrected chi connectivity index (χ0v) is 21.7. The topological polar surface area (TPSA) is 74.7 Å². The van der Waals surface area contributed by atoms with Gasteiger partial charge in [-0.05, 0) is 80.1 Å². The molecule has 0 bridgehead atoms. The summed E-state index contributed by atoms with van der Waals surface area (Å²) < 4.78 is 5.30. The van der Waals surface area contributed by atoms with E-state index in [1.165, 1.54) is 12.7 Å². The SMILES string of the molecule is COc1cc(-c2ccc3ncc(C(=O)C4CC4)c(NC4CCC(=CN(C)C)CC4)c3c2)cc(Cl)c1O. The van der Waals surface area contributed by atoms with Gasteiger partial charge in [0.2, 0.25) is 0 Å². The number of phenols is 1. The van der Waals surface area contributed by atoms with Crippen LogP contribution in [0.1, 0.15) is 48.9 Å². The van der Waals surface area contributed by atoms with Crippen LogP contribution in [0.15, 0.2) is 48.3 Å². The van der Waals surface area contributed by atoms with Gasteiger partial charge < -0.3 is 20.1 Å². The molecule has 2 aromatic carbocycles. The highest BCUT2D eigenvalue weighted by Crippen LogP contribution is 2.41. The second-order valence-corrected chi connectivity index (χ2v) is 10.5. The number of hydrogen-bond acceptors (Lipinski definition) is 6. The zero-order valence-electron chi connectivity index (χ0n) is 21.0. The van der Waals surface area contributed by atoms with Crippen LogP contribution in [0.3, 0.4) is 0 Å². The van der Waals surface area contributed by atoms with Gasteiger partial charge in [0.1, 0.15) is 0 Å². The molecular weight excluding hydrogens is 474 g/mol. The Morgan fingerprint density at radius 3 is 2.56 bits per heavy atom. The van der Waals surface area contributed by atoms with Crippen LogP contribution in [0, 0.1) is 5.92 Å². The van der Waals surface area contributed by atoms with Crippen LogP contribution in [0.4, 0.5) is 5.69 Å². The molecule has 188 valence electrons. The van der Waals surface area contributed by atoms with E-state index in [1.807, 2.05) is 12.1 Å². The van der Waals surface area contributed by atoms with E-state index in [2.05, 4.69) is 41.6 Å². The average Bonchev–Trinajstić information content (AvgIpc) is 3.71. The predicted molar refractivity (Wildman–Crippen MR) is 145 cm³/mol. The van der Waals surface area contributed by atoms with E-state index in [9.17, 15) is 9.90 Å². The maximum absolute atomic E-state index is 13.3. The van der Waals surface area contributed by atoms with Crippen molar-refractivity contribution in [2.75, 3.05) is 26.5 Å². The van der Waals surface area contributed by atoms with E-state index in [-0.39, 0.29) is 28.5 Å². The van der Waals surface area contributed by atoms with Crippen molar-refractivity contribution in [2.45, 2.75) is 44.6 Å². The summed E-state index contributed by atoms with van der Waals surface area (Å²) in [5, 5.41) is 15.1. The lowest BCUT2D eigenvalue weighted by Gasteiger charge is -2.28. The molecule has 0 atom stereocenters. The first kappa shape index (κ1) is 24.4. The van der Waals surface area contributed by atoms with Gasteiger partial charge in [0.15, 0.2) is 17.3 Å². The molecule has 0 amide bonds. The Kier molecular flexibility index (Phi) is 6.80. The Hall–Kier alpha value is -3.25. The van der Waals surface area contributed by atoms with Crippen molar-refractivity contribution in [1.82, 2.24) is 9.88 Å². The number of aromatic nitrogens is 1. The minimum Gasteiger partial charge on any atom is -0.503 e. The summed E-state index contributed by atoms with van der Waals surface area (Å²) in [6.07, 6.45) is 9.99. The smallest absolute Gasteiger partial charge is 0.176 e. The highest BCUT2D eigenvalue weighted by molar-refractivity contribution is 6.32. The number of aromatic hydroxyl groups is 1. The Balaban J connectivity index is 1.55. The van der Waals surface area contributed by atoms with Crippen LogP contribution in [0.5, 0.6) is 11.5 Å². The molecule has 1 aromatic heterocycles. The van der Waals surface area contributed by atoms with E-state index < -0.39 is 0 Å². The van der Waals surface area contributed by atoms with Gasteiger partial charge in [0.05, 0.1) is 28.9 Å². The number of pyridine rings is 1. The molecule has 2 aliphatic rings. The molecule has 2 N–H and O–H groups in total. The molecule has 5 rings (SSSR count).